The second kappa shape index (κ2) is 10.1. The average Bonchev–Trinajstić information content (AvgIpc) is 2.41. The molecule has 0 saturated heterocycles. The highest BCUT2D eigenvalue weighted by Gasteiger charge is 2.29. The van der Waals surface area contributed by atoms with Gasteiger partial charge >= 0.3 is 12.1 Å². The molecular weight excluding hydrogens is 300 g/mol. The van der Waals surface area contributed by atoms with Crippen LogP contribution in [-0.4, -0.2) is 41.3 Å². The molecule has 0 saturated carbocycles. The Balaban J connectivity index is 4.87. The zero-order valence-electron chi connectivity index (χ0n) is 14.9. The second-order valence-electron chi connectivity index (χ2n) is 6.53. The Kier molecular flexibility index (Phi) is 9.29. The molecule has 0 bridgehead atoms. The third kappa shape index (κ3) is 8.42. The van der Waals surface area contributed by atoms with Crippen LogP contribution in [-0.2, 0) is 14.3 Å². The maximum Gasteiger partial charge on any atom is 0.408 e. The SMILES string of the molecule is CC[C@H](C)[C@H](NC(=O)O[C@@H](CC(C)C)C(=O)O)C(=O)NC(C)C. The predicted octanol–water partition coefficient (Wildman–Crippen LogP) is 2.15. The Hall–Kier alpha value is -1.79. The number of carboxylic acid groups (broad SMARTS) is 1. The number of ether oxygens (including phenoxy) is 1. The number of aliphatic carboxylic acids is 1. The number of amides is 2. The summed E-state index contributed by atoms with van der Waals surface area (Å²) >= 11 is 0. The van der Waals surface area contributed by atoms with E-state index in [1.807, 2.05) is 41.5 Å². The molecule has 0 fully saturated rings. The van der Waals surface area contributed by atoms with Gasteiger partial charge in [0.2, 0.25) is 12.0 Å². The molecule has 0 aliphatic rings. The van der Waals surface area contributed by atoms with Crippen molar-refractivity contribution in [1.29, 1.82) is 0 Å². The molecule has 0 aromatic rings. The Morgan fingerprint density at radius 1 is 1.04 bits per heavy atom. The van der Waals surface area contributed by atoms with Crippen LogP contribution in [0.3, 0.4) is 0 Å². The highest BCUT2D eigenvalue weighted by atomic mass is 16.6. The van der Waals surface area contributed by atoms with Gasteiger partial charge in [-0.3, -0.25) is 4.79 Å². The van der Waals surface area contributed by atoms with E-state index in [-0.39, 0.29) is 30.2 Å². The van der Waals surface area contributed by atoms with Crippen LogP contribution in [0.25, 0.3) is 0 Å². The van der Waals surface area contributed by atoms with Crippen LogP contribution in [0.5, 0.6) is 0 Å². The largest absolute Gasteiger partial charge is 0.479 e. The van der Waals surface area contributed by atoms with Gasteiger partial charge in [-0.05, 0) is 32.1 Å². The van der Waals surface area contributed by atoms with E-state index in [0.29, 0.717) is 6.42 Å². The van der Waals surface area contributed by atoms with E-state index in [1.165, 1.54) is 0 Å². The van der Waals surface area contributed by atoms with E-state index in [9.17, 15) is 14.4 Å². The third-order valence-corrected chi connectivity index (χ3v) is 3.41. The van der Waals surface area contributed by atoms with Crippen molar-refractivity contribution in [2.45, 2.75) is 72.6 Å². The molecule has 23 heavy (non-hydrogen) atoms. The van der Waals surface area contributed by atoms with Crippen LogP contribution in [0.15, 0.2) is 0 Å². The van der Waals surface area contributed by atoms with Crippen LogP contribution in [0, 0.1) is 11.8 Å². The normalized spacial score (nSPS) is 15.0. The molecule has 0 unspecified atom stereocenters. The molecule has 0 heterocycles. The first-order valence-corrected chi connectivity index (χ1v) is 8.08. The van der Waals surface area contributed by atoms with Gasteiger partial charge in [-0.25, -0.2) is 9.59 Å². The zero-order valence-corrected chi connectivity index (χ0v) is 14.9. The molecule has 0 rings (SSSR count). The van der Waals surface area contributed by atoms with Crippen LogP contribution >= 0.6 is 0 Å². The molecule has 7 heteroatoms. The quantitative estimate of drug-likeness (QED) is 0.601. The van der Waals surface area contributed by atoms with Crippen molar-refractivity contribution in [3.8, 4) is 0 Å². The number of nitrogens with one attached hydrogen (secondary N) is 2. The van der Waals surface area contributed by atoms with E-state index >= 15 is 0 Å². The van der Waals surface area contributed by atoms with Gasteiger partial charge in [0, 0.05) is 6.04 Å². The van der Waals surface area contributed by atoms with Gasteiger partial charge in [0.1, 0.15) is 6.04 Å². The van der Waals surface area contributed by atoms with Crippen LogP contribution in [0.1, 0.15) is 54.4 Å². The van der Waals surface area contributed by atoms with Crippen LogP contribution in [0.4, 0.5) is 4.79 Å². The van der Waals surface area contributed by atoms with Gasteiger partial charge in [-0.15, -0.1) is 0 Å². The maximum absolute atomic E-state index is 12.2. The van der Waals surface area contributed by atoms with Crippen molar-refractivity contribution in [1.82, 2.24) is 10.6 Å². The van der Waals surface area contributed by atoms with Crippen LogP contribution < -0.4 is 10.6 Å². The van der Waals surface area contributed by atoms with Crippen LogP contribution in [0.2, 0.25) is 0 Å². The number of hydrogen-bond donors (Lipinski definition) is 3. The average molecular weight is 330 g/mol. The summed E-state index contributed by atoms with van der Waals surface area (Å²) in [5.41, 5.74) is 0. The summed E-state index contributed by atoms with van der Waals surface area (Å²) in [4.78, 5) is 35.3. The van der Waals surface area contributed by atoms with E-state index in [0.717, 1.165) is 0 Å². The lowest BCUT2D eigenvalue weighted by molar-refractivity contribution is -0.147. The fourth-order valence-electron chi connectivity index (χ4n) is 1.99. The molecular formula is C16H30N2O5. The predicted molar refractivity (Wildman–Crippen MR) is 87.0 cm³/mol. The van der Waals surface area contributed by atoms with Crippen molar-refractivity contribution in [2.24, 2.45) is 11.8 Å². The molecule has 2 amide bonds. The molecule has 3 N–H and O–H groups in total. The zero-order chi connectivity index (χ0) is 18.2. The van der Waals surface area contributed by atoms with Gasteiger partial charge in [-0.2, -0.15) is 0 Å². The third-order valence-electron chi connectivity index (χ3n) is 3.41. The first-order valence-electron chi connectivity index (χ1n) is 8.08. The molecule has 134 valence electrons. The Labute approximate surface area is 138 Å². The van der Waals surface area contributed by atoms with Crippen molar-refractivity contribution in [3.05, 3.63) is 0 Å². The molecule has 0 aliphatic heterocycles. The Morgan fingerprint density at radius 2 is 1.61 bits per heavy atom. The maximum atomic E-state index is 12.2. The van der Waals surface area contributed by atoms with Gasteiger partial charge < -0.3 is 20.5 Å². The first kappa shape index (κ1) is 21.2. The monoisotopic (exact) mass is 330 g/mol. The van der Waals surface area contributed by atoms with Gasteiger partial charge in [0.25, 0.3) is 0 Å². The number of alkyl carbamates (subject to hydrolysis) is 1. The summed E-state index contributed by atoms with van der Waals surface area (Å²) in [5, 5.41) is 14.3. The highest BCUT2D eigenvalue weighted by Crippen LogP contribution is 2.11. The number of hydrogen-bond acceptors (Lipinski definition) is 4. The second-order valence-corrected chi connectivity index (χ2v) is 6.53. The number of carbonyl (C=O) groups is 3. The topological polar surface area (TPSA) is 105 Å². The molecule has 0 radical (unpaired) electrons. The lowest BCUT2D eigenvalue weighted by Gasteiger charge is -2.25. The Bertz CT molecular complexity index is 409. The molecule has 0 aliphatic carbocycles. The number of carboxylic acids is 1. The van der Waals surface area contributed by atoms with Crippen molar-refractivity contribution in [2.75, 3.05) is 0 Å². The molecule has 0 spiro atoms. The lowest BCUT2D eigenvalue weighted by Crippen LogP contribution is -2.52. The van der Waals surface area contributed by atoms with E-state index < -0.39 is 24.2 Å². The fourth-order valence-corrected chi connectivity index (χ4v) is 1.99. The van der Waals surface area contributed by atoms with Crippen molar-refractivity contribution >= 4 is 18.0 Å². The standard InChI is InChI=1S/C16H30N2O5/c1-7-11(6)13(14(19)17-10(4)5)18-16(22)23-12(15(20)21)8-9(2)3/h9-13H,7-8H2,1-6H3,(H,17,19)(H,18,22)(H,20,21)/t11-,12-,13-/m0/s1. The van der Waals surface area contributed by atoms with E-state index in [1.54, 1.807) is 0 Å². The minimum Gasteiger partial charge on any atom is -0.479 e. The number of carbonyl (C=O) groups excluding carboxylic acids is 2. The molecule has 0 aromatic heterocycles. The summed E-state index contributed by atoms with van der Waals surface area (Å²) in [5.74, 6) is -1.53. The molecule has 7 nitrogen and oxygen atoms in total. The Morgan fingerprint density at radius 3 is 2.00 bits per heavy atom. The van der Waals surface area contributed by atoms with Gasteiger partial charge in [0.05, 0.1) is 0 Å². The fraction of sp³-hybridized carbons (Fsp3) is 0.812. The van der Waals surface area contributed by atoms with Gasteiger partial charge in [-0.1, -0.05) is 34.1 Å². The van der Waals surface area contributed by atoms with Crippen molar-refractivity contribution < 1.29 is 24.2 Å². The van der Waals surface area contributed by atoms with E-state index in [2.05, 4.69) is 10.6 Å². The minimum absolute atomic E-state index is 0.0559. The summed E-state index contributed by atoms with van der Waals surface area (Å²) in [6.45, 7) is 11.1. The summed E-state index contributed by atoms with van der Waals surface area (Å²) in [7, 11) is 0. The summed E-state index contributed by atoms with van der Waals surface area (Å²) in [6, 6.07) is -0.817. The highest BCUT2D eigenvalue weighted by molar-refractivity contribution is 5.86. The van der Waals surface area contributed by atoms with Crippen molar-refractivity contribution in [3.63, 3.8) is 0 Å². The smallest absolute Gasteiger partial charge is 0.408 e. The molecule has 3 atom stereocenters. The first-order chi connectivity index (χ1) is 10.6. The number of rotatable bonds is 9. The van der Waals surface area contributed by atoms with Gasteiger partial charge in [0.15, 0.2) is 0 Å². The summed E-state index contributed by atoms with van der Waals surface area (Å²) < 4.78 is 4.97. The minimum atomic E-state index is -1.22. The lowest BCUT2D eigenvalue weighted by atomic mass is 9.98. The summed E-state index contributed by atoms with van der Waals surface area (Å²) in [6.07, 6.45) is -1.21. The molecule has 0 aromatic carbocycles. The van der Waals surface area contributed by atoms with E-state index in [4.69, 9.17) is 9.84 Å².